The van der Waals surface area contributed by atoms with Crippen LogP contribution in [0.3, 0.4) is 0 Å². The number of rotatable bonds is 6. The van der Waals surface area contributed by atoms with E-state index < -0.39 is 102 Å². The molecule has 3 aliphatic carbocycles. The van der Waals surface area contributed by atoms with E-state index in [1.54, 1.807) is 6.92 Å². The molecule has 4 aliphatic heterocycles. The van der Waals surface area contributed by atoms with Gasteiger partial charge in [0.2, 0.25) is 0 Å². The molecule has 0 aromatic heterocycles. The van der Waals surface area contributed by atoms with Gasteiger partial charge in [0.1, 0.15) is 42.2 Å². The Hall–Kier alpha value is -2.27. The molecule has 4 saturated heterocycles. The van der Waals surface area contributed by atoms with Gasteiger partial charge in [-0.2, -0.15) is 0 Å². The van der Waals surface area contributed by atoms with Crippen LogP contribution in [-0.2, 0) is 23.7 Å². The number of aromatic hydroxyl groups is 3. The fourth-order valence-electron chi connectivity index (χ4n) is 7.02. The van der Waals surface area contributed by atoms with Crippen LogP contribution in [0.5, 0.6) is 17.2 Å². The van der Waals surface area contributed by atoms with Crippen LogP contribution in [-0.4, -0.2) is 114 Å². The van der Waals surface area contributed by atoms with Crippen LogP contribution in [0.15, 0.2) is 12.1 Å². The molecule has 7 fully saturated rings. The van der Waals surface area contributed by atoms with Crippen molar-refractivity contribution in [3.05, 3.63) is 17.7 Å². The van der Waals surface area contributed by atoms with Crippen LogP contribution in [0.1, 0.15) is 30.1 Å². The first-order chi connectivity index (χ1) is 17.3. The Morgan fingerprint density at radius 1 is 1.08 bits per heavy atom. The predicted octanol–water partition coefficient (Wildman–Crippen LogP) is -2.24. The molecule has 11 atom stereocenters. The molecule has 8 rings (SSSR count). The second-order valence-corrected chi connectivity index (χ2v) is 10.7. The van der Waals surface area contributed by atoms with Crippen molar-refractivity contribution in [1.82, 2.24) is 0 Å². The Labute approximate surface area is 209 Å². The summed E-state index contributed by atoms with van der Waals surface area (Å²) in [5.74, 6) is -5.44. The van der Waals surface area contributed by atoms with E-state index in [1.165, 1.54) is 0 Å². The molecule has 0 unspecified atom stereocenters. The highest BCUT2D eigenvalue weighted by Gasteiger charge is 2.94. The molecule has 0 radical (unpaired) electrons. The van der Waals surface area contributed by atoms with Crippen LogP contribution in [0, 0.1) is 11.3 Å². The molecule has 14 heteroatoms. The lowest BCUT2D eigenvalue weighted by molar-refractivity contribution is -0.424. The molecule has 14 nitrogen and oxygen atoms in total. The molecule has 0 spiro atoms. The van der Waals surface area contributed by atoms with Crippen LogP contribution < -0.4 is 0 Å². The highest BCUT2D eigenvalue weighted by molar-refractivity contribution is 5.91. The maximum absolute atomic E-state index is 12.8. The van der Waals surface area contributed by atoms with Gasteiger partial charge in [-0.25, -0.2) is 4.79 Å². The largest absolute Gasteiger partial charge is 0.504 e. The maximum atomic E-state index is 12.8. The Bertz CT molecular complexity index is 1120. The maximum Gasteiger partial charge on any atom is 0.338 e. The quantitative estimate of drug-likeness (QED) is 0.144. The number of hydrogen-bond donors (Lipinski definition) is 8. The number of carbonyl (C=O) groups excluding carboxylic acids is 1. The summed E-state index contributed by atoms with van der Waals surface area (Å²) in [7, 11) is 0. The van der Waals surface area contributed by atoms with Gasteiger partial charge in [-0.05, 0) is 25.5 Å². The summed E-state index contributed by atoms with van der Waals surface area (Å²) in [4.78, 5) is 12.8. The third kappa shape index (κ3) is 2.93. The van der Waals surface area contributed by atoms with Gasteiger partial charge in [0.05, 0.1) is 17.6 Å². The molecule has 0 amide bonds. The number of aliphatic hydroxyl groups is 5. The van der Waals surface area contributed by atoms with Crippen molar-refractivity contribution in [1.29, 1.82) is 0 Å². The van der Waals surface area contributed by atoms with Gasteiger partial charge in [0, 0.05) is 12.3 Å². The zero-order valence-electron chi connectivity index (χ0n) is 19.6. The average molecular weight is 528 g/mol. The zero-order chi connectivity index (χ0) is 26.7. The van der Waals surface area contributed by atoms with E-state index in [4.69, 9.17) is 23.7 Å². The minimum Gasteiger partial charge on any atom is -0.504 e. The van der Waals surface area contributed by atoms with Crippen molar-refractivity contribution in [2.45, 2.75) is 73.8 Å². The van der Waals surface area contributed by atoms with Crippen LogP contribution >= 0.6 is 0 Å². The van der Waals surface area contributed by atoms with Crippen molar-refractivity contribution >= 4 is 5.97 Å². The SMILES string of the molecule is C[C@@]12C[C@@]3(O)O[C@H](O1)[C@]1(COC(=O)c4cc(O)c(O)c(O)c4)[C@@H]3C[C@]12O[C@@H]1O[C@H](CO)[C@H](O)[C@@H](O)[C@H]1O. The Kier molecular flexibility index (Phi) is 5.18. The molecule has 1 aromatic rings. The van der Waals surface area contributed by atoms with Crippen molar-refractivity contribution in [3.8, 4) is 17.2 Å². The van der Waals surface area contributed by atoms with Crippen molar-refractivity contribution in [2.24, 2.45) is 11.3 Å². The second-order valence-electron chi connectivity index (χ2n) is 10.7. The van der Waals surface area contributed by atoms with Gasteiger partial charge < -0.3 is 64.5 Å². The van der Waals surface area contributed by atoms with Gasteiger partial charge in [-0.15, -0.1) is 0 Å². The molecular weight excluding hydrogens is 500 g/mol. The number of phenolic OH excluding ortho intramolecular Hbond substituents is 3. The van der Waals surface area contributed by atoms with E-state index in [9.17, 15) is 45.6 Å². The molecule has 6 bridgehead atoms. The number of esters is 1. The Morgan fingerprint density at radius 2 is 1.76 bits per heavy atom. The summed E-state index contributed by atoms with van der Waals surface area (Å²) in [6.45, 7) is 0.611. The topological polar surface area (TPSA) is 225 Å². The van der Waals surface area contributed by atoms with E-state index in [-0.39, 0.29) is 18.4 Å². The fourth-order valence-corrected chi connectivity index (χ4v) is 7.02. The standard InChI is InChI=1S/C23H28O14/c1-20-6-22(32)12-4-23(20,35-18-16(30)15(29)14(28)11(5-24)34-18)21(12,19(36-20)37-22)7-33-17(31)8-2-9(25)13(27)10(26)3-8/h2-3,11-12,14-16,18-19,24-30,32H,4-7H2,1H3/t11-,12+,14+,15-,16-,18+,19+,20+,21+,22-,23-/m1/s1. The molecule has 4 heterocycles. The lowest BCUT2D eigenvalue weighted by atomic mass is 9.41. The number of phenols is 3. The van der Waals surface area contributed by atoms with Gasteiger partial charge in [-0.1, -0.05) is 0 Å². The molecule has 7 aliphatic rings. The minimum atomic E-state index is -1.70. The van der Waals surface area contributed by atoms with Crippen LogP contribution in [0.25, 0.3) is 0 Å². The normalized spacial score (nSPS) is 49.2. The second kappa shape index (κ2) is 7.65. The van der Waals surface area contributed by atoms with Crippen LogP contribution in [0.2, 0.25) is 0 Å². The van der Waals surface area contributed by atoms with E-state index in [1.807, 2.05) is 0 Å². The highest BCUT2D eigenvalue weighted by atomic mass is 16.8. The van der Waals surface area contributed by atoms with E-state index in [0.717, 1.165) is 12.1 Å². The lowest BCUT2D eigenvalue weighted by Crippen LogP contribution is -2.80. The molecular formula is C23H28O14. The third-order valence-corrected chi connectivity index (χ3v) is 8.87. The molecule has 37 heavy (non-hydrogen) atoms. The summed E-state index contributed by atoms with van der Waals surface area (Å²) < 4.78 is 29.3. The first kappa shape index (κ1) is 25.0. The first-order valence-electron chi connectivity index (χ1n) is 11.8. The Morgan fingerprint density at radius 3 is 2.41 bits per heavy atom. The third-order valence-electron chi connectivity index (χ3n) is 8.87. The number of ether oxygens (including phenoxy) is 5. The van der Waals surface area contributed by atoms with Gasteiger partial charge >= 0.3 is 5.97 Å². The average Bonchev–Trinajstić information content (AvgIpc) is 3.03. The predicted molar refractivity (Wildman–Crippen MR) is 114 cm³/mol. The van der Waals surface area contributed by atoms with E-state index >= 15 is 0 Å². The number of benzene rings is 1. The molecule has 8 N–H and O–H groups in total. The molecule has 1 aromatic carbocycles. The summed E-state index contributed by atoms with van der Waals surface area (Å²) in [5, 5.41) is 80.7. The van der Waals surface area contributed by atoms with Crippen molar-refractivity contribution < 1.29 is 69.3 Å². The summed E-state index contributed by atoms with van der Waals surface area (Å²) >= 11 is 0. The van der Waals surface area contributed by atoms with Crippen molar-refractivity contribution in [3.63, 3.8) is 0 Å². The first-order valence-corrected chi connectivity index (χ1v) is 11.8. The fraction of sp³-hybridized carbons (Fsp3) is 0.696. The summed E-state index contributed by atoms with van der Waals surface area (Å²) in [5.41, 5.74) is -4.07. The number of hydrogen-bond acceptors (Lipinski definition) is 14. The van der Waals surface area contributed by atoms with Crippen LogP contribution in [0.4, 0.5) is 0 Å². The summed E-state index contributed by atoms with van der Waals surface area (Å²) in [6, 6.07) is 1.83. The van der Waals surface area contributed by atoms with Gasteiger partial charge in [0.15, 0.2) is 35.6 Å². The molecule has 204 valence electrons. The smallest absolute Gasteiger partial charge is 0.338 e. The number of carbonyl (C=O) groups is 1. The van der Waals surface area contributed by atoms with Gasteiger partial charge in [-0.3, -0.25) is 0 Å². The Balaban J connectivity index is 1.31. The zero-order valence-corrected chi connectivity index (χ0v) is 19.6. The highest BCUT2D eigenvalue weighted by Crippen LogP contribution is 2.81. The summed E-state index contributed by atoms with van der Waals surface area (Å²) in [6.07, 6.45) is -8.63. The van der Waals surface area contributed by atoms with E-state index in [0.29, 0.717) is 0 Å². The minimum absolute atomic E-state index is 0.00596. The van der Waals surface area contributed by atoms with Gasteiger partial charge in [0.25, 0.3) is 0 Å². The van der Waals surface area contributed by atoms with Crippen molar-refractivity contribution in [2.75, 3.05) is 13.2 Å². The monoisotopic (exact) mass is 528 g/mol. The van der Waals surface area contributed by atoms with E-state index in [2.05, 4.69) is 0 Å². The lowest BCUT2D eigenvalue weighted by Gasteiger charge is -2.67. The number of aliphatic hydroxyl groups excluding tert-OH is 4. The molecule has 3 saturated carbocycles.